The largest absolute Gasteiger partial charge is 0.481 e. The first-order chi connectivity index (χ1) is 10.1. The molecule has 0 bridgehead atoms. The second-order valence-electron chi connectivity index (χ2n) is 4.09. The number of hydrogen-bond donors (Lipinski definition) is 3. The second kappa shape index (κ2) is 6.87. The molecular weight excluding hydrogens is 294 g/mol. The van der Waals surface area contributed by atoms with Crippen LogP contribution < -0.4 is 21.3 Å². The molecule has 0 aliphatic heterocycles. The van der Waals surface area contributed by atoms with Crippen LogP contribution in [-0.4, -0.2) is 23.0 Å². The number of pyridine rings is 2. The first-order valence-corrected chi connectivity index (χ1v) is 6.41. The Balaban J connectivity index is 2.02. The van der Waals surface area contributed by atoms with Gasteiger partial charge >= 0.3 is 0 Å². The molecule has 7 nitrogen and oxygen atoms in total. The van der Waals surface area contributed by atoms with Crippen LogP contribution in [-0.2, 0) is 6.54 Å². The monoisotopic (exact) mass is 307 g/mol. The Bertz CT molecular complexity index is 650. The number of nitrogens with one attached hydrogen (secondary N) is 2. The molecule has 2 heterocycles. The third kappa shape index (κ3) is 3.80. The van der Waals surface area contributed by atoms with Crippen LogP contribution >= 0.6 is 11.6 Å². The Morgan fingerprint density at radius 1 is 1.43 bits per heavy atom. The first kappa shape index (κ1) is 15.0. The van der Waals surface area contributed by atoms with Crippen molar-refractivity contribution in [2.75, 3.05) is 12.5 Å². The van der Waals surface area contributed by atoms with Crippen molar-refractivity contribution in [3.8, 4) is 5.88 Å². The Morgan fingerprint density at radius 2 is 2.24 bits per heavy atom. The summed E-state index contributed by atoms with van der Waals surface area (Å²) in [5.41, 5.74) is 3.55. The molecule has 0 unspecified atom stereocenters. The molecule has 8 heteroatoms. The van der Waals surface area contributed by atoms with Gasteiger partial charge in [0.15, 0.2) is 5.82 Å². The molecule has 2 aromatic heterocycles. The molecule has 2 rings (SSSR count). The minimum absolute atomic E-state index is 0.274. The highest BCUT2D eigenvalue weighted by molar-refractivity contribution is 6.33. The number of methoxy groups -OCH3 is 1. The topological polar surface area (TPSA) is 102 Å². The van der Waals surface area contributed by atoms with Crippen LogP contribution in [0.1, 0.15) is 15.9 Å². The summed E-state index contributed by atoms with van der Waals surface area (Å²) in [5, 5.41) is 3.03. The van der Waals surface area contributed by atoms with E-state index in [1.165, 1.54) is 19.4 Å². The van der Waals surface area contributed by atoms with Crippen molar-refractivity contribution in [3.05, 3.63) is 46.7 Å². The quantitative estimate of drug-likeness (QED) is 0.569. The minimum Gasteiger partial charge on any atom is -0.481 e. The zero-order valence-electron chi connectivity index (χ0n) is 11.3. The summed E-state index contributed by atoms with van der Waals surface area (Å²) in [4.78, 5) is 19.9. The Labute approximate surface area is 126 Å². The predicted molar refractivity (Wildman–Crippen MR) is 79.0 cm³/mol. The first-order valence-electron chi connectivity index (χ1n) is 6.03. The van der Waals surface area contributed by atoms with Gasteiger partial charge in [-0.15, -0.1) is 0 Å². The summed E-state index contributed by atoms with van der Waals surface area (Å²) in [5.74, 6) is 5.74. The number of nitrogens with zero attached hydrogens (tertiary/aromatic N) is 2. The summed E-state index contributed by atoms with van der Waals surface area (Å²) >= 11 is 5.92. The third-order valence-electron chi connectivity index (χ3n) is 2.70. The maximum absolute atomic E-state index is 12.0. The van der Waals surface area contributed by atoms with Gasteiger partial charge in [-0.3, -0.25) is 4.79 Å². The van der Waals surface area contributed by atoms with Gasteiger partial charge in [0.2, 0.25) is 5.88 Å². The summed E-state index contributed by atoms with van der Waals surface area (Å²) in [7, 11) is 1.53. The van der Waals surface area contributed by atoms with Gasteiger partial charge in [-0.2, -0.15) is 0 Å². The van der Waals surface area contributed by atoms with E-state index < -0.39 is 0 Å². The average molecular weight is 308 g/mol. The summed E-state index contributed by atoms with van der Waals surface area (Å²) in [6.45, 7) is 0.340. The Hall–Kier alpha value is -2.38. The standard InChI is InChI=1S/C13H14ClN5O2/c1-21-11-4-8(2-3-16-11)6-18-13(20)9-5-10(14)12(19-15)17-7-9/h2-5,7H,6,15H2,1H3,(H,17,19)(H,18,20). The number of rotatable bonds is 5. The molecule has 0 aromatic carbocycles. The summed E-state index contributed by atoms with van der Waals surface area (Å²) in [6.07, 6.45) is 3.00. The zero-order chi connectivity index (χ0) is 15.2. The number of amides is 1. The van der Waals surface area contributed by atoms with Crippen molar-refractivity contribution in [2.45, 2.75) is 6.54 Å². The maximum atomic E-state index is 12.0. The third-order valence-corrected chi connectivity index (χ3v) is 2.99. The molecule has 4 N–H and O–H groups in total. The van der Waals surface area contributed by atoms with Crippen molar-refractivity contribution in [1.29, 1.82) is 0 Å². The normalized spacial score (nSPS) is 10.0. The highest BCUT2D eigenvalue weighted by atomic mass is 35.5. The zero-order valence-corrected chi connectivity index (χ0v) is 12.0. The van der Waals surface area contributed by atoms with Gasteiger partial charge in [0, 0.05) is 25.0 Å². The molecule has 0 atom stereocenters. The van der Waals surface area contributed by atoms with Gasteiger partial charge in [-0.1, -0.05) is 11.6 Å². The number of aromatic nitrogens is 2. The lowest BCUT2D eigenvalue weighted by Gasteiger charge is -2.08. The number of halogens is 1. The van der Waals surface area contributed by atoms with E-state index in [4.69, 9.17) is 22.2 Å². The number of hydrazine groups is 1. The highest BCUT2D eigenvalue weighted by Crippen LogP contribution is 2.19. The molecule has 1 amide bonds. The Morgan fingerprint density at radius 3 is 2.90 bits per heavy atom. The molecular formula is C13H14ClN5O2. The van der Waals surface area contributed by atoms with Crippen LogP contribution in [0, 0.1) is 0 Å². The number of nitrogens with two attached hydrogens (primary N) is 1. The van der Waals surface area contributed by atoms with Crippen molar-refractivity contribution in [1.82, 2.24) is 15.3 Å². The van der Waals surface area contributed by atoms with Crippen LogP contribution in [0.5, 0.6) is 5.88 Å². The van der Waals surface area contributed by atoms with Crippen LogP contribution in [0.2, 0.25) is 5.02 Å². The van der Waals surface area contributed by atoms with Crippen LogP contribution in [0.15, 0.2) is 30.6 Å². The van der Waals surface area contributed by atoms with Crippen molar-refractivity contribution >= 4 is 23.3 Å². The molecule has 21 heavy (non-hydrogen) atoms. The predicted octanol–water partition coefficient (Wildman–Crippen LogP) is 1.35. The number of ether oxygens (including phenoxy) is 1. The van der Waals surface area contributed by atoms with Gasteiger partial charge in [-0.25, -0.2) is 15.8 Å². The van der Waals surface area contributed by atoms with Crippen molar-refractivity contribution in [2.24, 2.45) is 5.84 Å². The molecule has 0 aliphatic rings. The number of nitrogen functional groups attached to an aromatic ring is 1. The number of hydrogen-bond acceptors (Lipinski definition) is 6. The van der Waals surface area contributed by atoms with Gasteiger partial charge in [-0.05, 0) is 17.7 Å². The lowest BCUT2D eigenvalue weighted by atomic mass is 10.2. The molecule has 0 saturated carbocycles. The summed E-state index contributed by atoms with van der Waals surface area (Å²) < 4.78 is 5.02. The molecule has 0 aliphatic carbocycles. The molecule has 2 aromatic rings. The minimum atomic E-state index is -0.288. The van der Waals surface area contributed by atoms with Crippen molar-refractivity contribution in [3.63, 3.8) is 0 Å². The second-order valence-corrected chi connectivity index (χ2v) is 4.50. The average Bonchev–Trinajstić information content (AvgIpc) is 2.52. The lowest BCUT2D eigenvalue weighted by molar-refractivity contribution is 0.0950. The van der Waals surface area contributed by atoms with Gasteiger partial charge in [0.25, 0.3) is 5.91 Å². The fourth-order valence-electron chi connectivity index (χ4n) is 1.62. The molecule has 0 saturated heterocycles. The van der Waals surface area contributed by atoms with E-state index in [2.05, 4.69) is 20.7 Å². The van der Waals surface area contributed by atoms with Crippen LogP contribution in [0.4, 0.5) is 5.82 Å². The molecule has 0 radical (unpaired) electrons. The fraction of sp³-hybridized carbons (Fsp3) is 0.154. The van der Waals surface area contributed by atoms with E-state index in [1.54, 1.807) is 18.3 Å². The Kier molecular flexibility index (Phi) is 4.91. The van der Waals surface area contributed by atoms with Crippen molar-refractivity contribution < 1.29 is 9.53 Å². The number of carbonyl (C=O) groups is 1. The van der Waals surface area contributed by atoms with Crippen LogP contribution in [0.3, 0.4) is 0 Å². The fourth-order valence-corrected chi connectivity index (χ4v) is 1.85. The molecule has 0 spiro atoms. The van der Waals surface area contributed by atoms with E-state index in [0.717, 1.165) is 5.56 Å². The lowest BCUT2D eigenvalue weighted by Crippen LogP contribution is -2.23. The molecule has 110 valence electrons. The maximum Gasteiger partial charge on any atom is 0.253 e. The number of anilines is 1. The summed E-state index contributed by atoms with van der Waals surface area (Å²) in [6, 6.07) is 5.02. The van der Waals surface area contributed by atoms with Gasteiger partial charge in [0.05, 0.1) is 17.7 Å². The van der Waals surface area contributed by atoms with Gasteiger partial charge in [0.1, 0.15) is 0 Å². The van der Waals surface area contributed by atoms with Crippen LogP contribution in [0.25, 0.3) is 0 Å². The molecule has 0 fully saturated rings. The van der Waals surface area contributed by atoms with E-state index in [9.17, 15) is 4.79 Å². The van der Waals surface area contributed by atoms with Gasteiger partial charge < -0.3 is 15.5 Å². The van der Waals surface area contributed by atoms with E-state index in [-0.39, 0.29) is 10.9 Å². The van der Waals surface area contributed by atoms with E-state index in [0.29, 0.717) is 23.8 Å². The number of carbonyl (C=O) groups excluding carboxylic acids is 1. The highest BCUT2D eigenvalue weighted by Gasteiger charge is 2.09. The SMILES string of the molecule is COc1cc(CNC(=O)c2cnc(NN)c(Cl)c2)ccn1. The van der Waals surface area contributed by atoms with E-state index in [1.807, 2.05) is 0 Å². The smallest absolute Gasteiger partial charge is 0.253 e. The van der Waals surface area contributed by atoms with E-state index >= 15 is 0 Å².